The smallest absolute Gasteiger partial charge is 0.179 e. The molecule has 2 aromatic rings. The van der Waals surface area contributed by atoms with Gasteiger partial charge in [0.1, 0.15) is 0 Å². The van der Waals surface area contributed by atoms with Gasteiger partial charge in [0.15, 0.2) is 9.84 Å². The third kappa shape index (κ3) is 3.76. The molecule has 20 heavy (non-hydrogen) atoms. The molecule has 0 bridgehead atoms. The van der Waals surface area contributed by atoms with Gasteiger partial charge in [0.2, 0.25) is 0 Å². The molecule has 0 aliphatic heterocycles. The molecule has 7 heteroatoms. The van der Waals surface area contributed by atoms with Crippen molar-refractivity contribution in [1.82, 2.24) is 0 Å². The number of hydrogen-bond acceptors (Lipinski definition) is 5. The van der Waals surface area contributed by atoms with Gasteiger partial charge in [0, 0.05) is 12.3 Å². The SMILES string of the molecule is NCc1ccc(S(=O)(=O)CCS(=O)c2cccs2)cc1. The summed E-state index contributed by atoms with van der Waals surface area (Å²) in [5, 5.41) is 1.83. The molecule has 0 aliphatic rings. The van der Waals surface area contributed by atoms with Crippen molar-refractivity contribution >= 4 is 32.0 Å². The van der Waals surface area contributed by atoms with E-state index in [4.69, 9.17) is 5.73 Å². The Kier molecular flexibility index (Phi) is 5.09. The minimum atomic E-state index is -3.40. The molecule has 2 N–H and O–H groups in total. The molecule has 0 amide bonds. The maximum atomic E-state index is 12.1. The molecule has 0 aliphatic carbocycles. The van der Waals surface area contributed by atoms with Gasteiger partial charge in [-0.1, -0.05) is 18.2 Å². The first-order chi connectivity index (χ1) is 9.53. The summed E-state index contributed by atoms with van der Waals surface area (Å²) in [5.74, 6) is -0.0129. The standard InChI is InChI=1S/C13H15NO3S3/c14-10-11-3-5-12(6-4-11)20(16,17)9-8-19(15)13-2-1-7-18-13/h1-7H,8-10,14H2. The van der Waals surface area contributed by atoms with Crippen LogP contribution in [0.25, 0.3) is 0 Å². The minimum Gasteiger partial charge on any atom is -0.326 e. The van der Waals surface area contributed by atoms with E-state index >= 15 is 0 Å². The summed E-state index contributed by atoms with van der Waals surface area (Å²) >= 11 is 1.37. The van der Waals surface area contributed by atoms with Gasteiger partial charge in [0.05, 0.1) is 25.7 Å². The van der Waals surface area contributed by atoms with Crippen molar-refractivity contribution in [2.75, 3.05) is 11.5 Å². The second kappa shape index (κ2) is 6.62. The maximum absolute atomic E-state index is 12.1. The average molecular weight is 329 g/mol. The van der Waals surface area contributed by atoms with Crippen LogP contribution in [-0.2, 0) is 27.2 Å². The molecule has 2 rings (SSSR count). The van der Waals surface area contributed by atoms with Crippen LogP contribution < -0.4 is 5.73 Å². The molecular formula is C13H15NO3S3. The van der Waals surface area contributed by atoms with E-state index in [1.54, 1.807) is 36.4 Å². The molecule has 0 spiro atoms. The molecule has 0 fully saturated rings. The van der Waals surface area contributed by atoms with E-state index in [-0.39, 0.29) is 16.4 Å². The highest BCUT2D eigenvalue weighted by Gasteiger charge is 2.16. The van der Waals surface area contributed by atoms with Crippen molar-refractivity contribution in [3.63, 3.8) is 0 Å². The van der Waals surface area contributed by atoms with Gasteiger partial charge in [-0.2, -0.15) is 0 Å². The van der Waals surface area contributed by atoms with E-state index in [1.165, 1.54) is 11.3 Å². The first-order valence-electron chi connectivity index (χ1n) is 5.96. The number of sulfone groups is 1. The van der Waals surface area contributed by atoms with Crippen molar-refractivity contribution < 1.29 is 12.6 Å². The number of rotatable bonds is 6. The van der Waals surface area contributed by atoms with Crippen molar-refractivity contribution in [3.8, 4) is 0 Å². The van der Waals surface area contributed by atoms with E-state index in [0.29, 0.717) is 10.8 Å². The number of nitrogens with two attached hydrogens (primary N) is 1. The van der Waals surface area contributed by atoms with Crippen LogP contribution in [0.15, 0.2) is 50.9 Å². The highest BCUT2D eigenvalue weighted by molar-refractivity contribution is 7.93. The van der Waals surface area contributed by atoms with Crippen LogP contribution in [0.1, 0.15) is 5.56 Å². The summed E-state index contributed by atoms with van der Waals surface area (Å²) in [7, 11) is -4.66. The van der Waals surface area contributed by atoms with Crippen LogP contribution in [0.5, 0.6) is 0 Å². The zero-order valence-corrected chi connectivity index (χ0v) is 13.1. The van der Waals surface area contributed by atoms with E-state index in [9.17, 15) is 12.6 Å². The normalized spacial score (nSPS) is 13.2. The maximum Gasteiger partial charge on any atom is 0.179 e. The summed E-state index contributed by atoms with van der Waals surface area (Å²) in [6, 6.07) is 10.0. The highest BCUT2D eigenvalue weighted by Crippen LogP contribution is 2.16. The van der Waals surface area contributed by atoms with Crippen molar-refractivity contribution in [2.45, 2.75) is 15.6 Å². The summed E-state index contributed by atoms with van der Waals surface area (Å²) < 4.78 is 36.9. The lowest BCUT2D eigenvalue weighted by Gasteiger charge is -2.05. The minimum absolute atomic E-state index is 0.113. The summed E-state index contributed by atoms with van der Waals surface area (Å²) in [6.45, 7) is 0.378. The number of benzene rings is 1. The van der Waals surface area contributed by atoms with Gasteiger partial charge in [-0.05, 0) is 29.1 Å². The lowest BCUT2D eigenvalue weighted by Crippen LogP contribution is -2.13. The first kappa shape index (κ1) is 15.4. The fraction of sp³-hybridized carbons (Fsp3) is 0.231. The molecule has 4 nitrogen and oxygen atoms in total. The summed E-state index contributed by atoms with van der Waals surface area (Å²) in [6.07, 6.45) is 0. The fourth-order valence-electron chi connectivity index (χ4n) is 1.63. The van der Waals surface area contributed by atoms with Gasteiger partial charge in [0.25, 0.3) is 0 Å². The molecule has 1 aromatic carbocycles. The Balaban J connectivity index is 2.05. The topological polar surface area (TPSA) is 77.2 Å². The third-order valence-electron chi connectivity index (χ3n) is 2.78. The zero-order valence-electron chi connectivity index (χ0n) is 10.7. The van der Waals surface area contributed by atoms with Crippen molar-refractivity contribution in [3.05, 3.63) is 47.3 Å². The molecule has 1 atom stereocenters. The lowest BCUT2D eigenvalue weighted by molar-refractivity contribution is 0.597. The van der Waals surface area contributed by atoms with E-state index < -0.39 is 20.6 Å². The number of hydrogen-bond donors (Lipinski definition) is 1. The molecule has 0 radical (unpaired) electrons. The Hall–Kier alpha value is -1.02. The Morgan fingerprint density at radius 2 is 1.85 bits per heavy atom. The van der Waals surface area contributed by atoms with Crippen LogP contribution in [0.2, 0.25) is 0 Å². The molecule has 1 unspecified atom stereocenters. The van der Waals surface area contributed by atoms with E-state index in [0.717, 1.165) is 5.56 Å². The molecule has 1 aromatic heterocycles. The summed E-state index contributed by atoms with van der Waals surface area (Å²) in [4.78, 5) is 0.248. The van der Waals surface area contributed by atoms with E-state index in [1.807, 2.05) is 5.38 Å². The van der Waals surface area contributed by atoms with Gasteiger partial charge < -0.3 is 5.73 Å². The van der Waals surface area contributed by atoms with E-state index in [2.05, 4.69) is 0 Å². The predicted octanol–water partition coefficient (Wildman–Crippen LogP) is 1.79. The van der Waals surface area contributed by atoms with Crippen LogP contribution >= 0.6 is 11.3 Å². The van der Waals surface area contributed by atoms with Crippen LogP contribution in [-0.4, -0.2) is 24.1 Å². The monoisotopic (exact) mass is 329 g/mol. The lowest BCUT2D eigenvalue weighted by atomic mass is 10.2. The van der Waals surface area contributed by atoms with Crippen LogP contribution in [0, 0.1) is 0 Å². The highest BCUT2D eigenvalue weighted by atomic mass is 32.2. The predicted molar refractivity (Wildman–Crippen MR) is 82.0 cm³/mol. The molecule has 0 saturated carbocycles. The molecule has 1 heterocycles. The Bertz CT molecular complexity index is 676. The quantitative estimate of drug-likeness (QED) is 0.876. The van der Waals surface area contributed by atoms with Crippen molar-refractivity contribution in [1.29, 1.82) is 0 Å². The van der Waals surface area contributed by atoms with Crippen LogP contribution in [0.4, 0.5) is 0 Å². The van der Waals surface area contributed by atoms with Gasteiger partial charge in [-0.25, -0.2) is 8.42 Å². The fourth-order valence-corrected chi connectivity index (χ4v) is 5.63. The zero-order chi connectivity index (χ0) is 14.6. The number of thiophene rings is 1. The molecule has 0 saturated heterocycles. The van der Waals surface area contributed by atoms with Gasteiger partial charge in [-0.3, -0.25) is 4.21 Å². The second-order valence-corrected chi connectivity index (χ2v) is 9.00. The Labute approximate surface area is 125 Å². The first-order valence-corrected chi connectivity index (χ1v) is 9.81. The average Bonchev–Trinajstić information content (AvgIpc) is 2.99. The Morgan fingerprint density at radius 1 is 1.15 bits per heavy atom. The van der Waals surface area contributed by atoms with Crippen molar-refractivity contribution in [2.24, 2.45) is 5.73 Å². The largest absolute Gasteiger partial charge is 0.326 e. The van der Waals surface area contributed by atoms with Gasteiger partial charge >= 0.3 is 0 Å². The molecule has 108 valence electrons. The van der Waals surface area contributed by atoms with Crippen LogP contribution in [0.3, 0.4) is 0 Å². The van der Waals surface area contributed by atoms with Gasteiger partial charge in [-0.15, -0.1) is 11.3 Å². The Morgan fingerprint density at radius 3 is 2.40 bits per heavy atom. The second-order valence-electron chi connectivity index (χ2n) is 4.15. The summed E-state index contributed by atoms with van der Waals surface area (Å²) in [5.41, 5.74) is 6.35. The molecular weight excluding hydrogens is 314 g/mol. The third-order valence-corrected chi connectivity index (χ3v) is 7.43.